The maximum atomic E-state index is 4.38. The maximum Gasteiger partial charge on any atom is 0.207 e. The van der Waals surface area contributed by atoms with Crippen molar-refractivity contribution >= 4 is 11.6 Å². The van der Waals surface area contributed by atoms with Gasteiger partial charge in [0, 0.05) is 25.1 Å². The zero-order valence-corrected chi connectivity index (χ0v) is 9.15. The molecule has 0 saturated carbocycles. The predicted molar refractivity (Wildman–Crippen MR) is 60.2 cm³/mol. The topological polar surface area (TPSA) is 42.7 Å². The van der Waals surface area contributed by atoms with Crippen molar-refractivity contribution in [1.29, 1.82) is 0 Å². The highest BCUT2D eigenvalue weighted by Crippen LogP contribution is 2.17. The molecule has 0 aliphatic heterocycles. The quantitative estimate of drug-likeness (QED) is 0.811. The second-order valence-corrected chi connectivity index (χ2v) is 3.57. The molecule has 0 unspecified atom stereocenters. The Morgan fingerprint density at radius 2 is 2.07 bits per heavy atom. The Hall–Kier alpha value is -1.84. The van der Waals surface area contributed by atoms with Crippen molar-refractivity contribution in [2.45, 2.75) is 13.8 Å². The number of nitrogens with one attached hydrogen (secondary N) is 1. The minimum atomic E-state index is 0.823. The summed E-state index contributed by atoms with van der Waals surface area (Å²) in [4.78, 5) is 8.58. The van der Waals surface area contributed by atoms with Crippen LogP contribution in [0.3, 0.4) is 0 Å². The molecule has 0 radical (unpaired) electrons. The van der Waals surface area contributed by atoms with Crippen molar-refractivity contribution in [3.8, 4) is 0 Å². The third kappa shape index (κ3) is 1.98. The van der Waals surface area contributed by atoms with Crippen LogP contribution >= 0.6 is 0 Å². The van der Waals surface area contributed by atoms with Gasteiger partial charge in [-0.25, -0.2) is 4.98 Å². The number of pyridine rings is 1. The van der Waals surface area contributed by atoms with Gasteiger partial charge in [0.1, 0.15) is 0 Å². The molecule has 4 nitrogen and oxygen atoms in total. The summed E-state index contributed by atoms with van der Waals surface area (Å²) >= 11 is 0. The summed E-state index contributed by atoms with van der Waals surface area (Å²) in [7, 11) is 1.95. The van der Waals surface area contributed by atoms with E-state index >= 15 is 0 Å². The molecule has 0 aliphatic rings. The van der Waals surface area contributed by atoms with Crippen LogP contribution in [0.4, 0.5) is 11.6 Å². The molecular formula is C11H14N4. The number of aryl methyl sites for hydroxylation is 3. The molecule has 78 valence electrons. The highest BCUT2D eigenvalue weighted by molar-refractivity contribution is 5.56. The molecule has 0 fully saturated rings. The van der Waals surface area contributed by atoms with E-state index in [1.807, 2.05) is 43.8 Å². The number of rotatable bonds is 2. The molecule has 2 rings (SSSR count). The summed E-state index contributed by atoms with van der Waals surface area (Å²) in [6.07, 6.45) is 3.67. The van der Waals surface area contributed by atoms with Crippen LogP contribution in [0, 0.1) is 13.8 Å². The van der Waals surface area contributed by atoms with Gasteiger partial charge in [-0.15, -0.1) is 0 Å². The van der Waals surface area contributed by atoms with Gasteiger partial charge in [0.25, 0.3) is 0 Å². The molecule has 0 bridgehead atoms. The van der Waals surface area contributed by atoms with Gasteiger partial charge in [-0.3, -0.25) is 4.98 Å². The first-order valence-electron chi connectivity index (χ1n) is 4.85. The summed E-state index contributed by atoms with van der Waals surface area (Å²) < 4.78 is 1.93. The molecule has 0 aromatic carbocycles. The fourth-order valence-corrected chi connectivity index (χ4v) is 1.43. The zero-order chi connectivity index (χ0) is 10.8. The first-order valence-corrected chi connectivity index (χ1v) is 4.85. The number of hydrogen-bond acceptors (Lipinski definition) is 3. The fraction of sp³-hybridized carbons (Fsp3) is 0.273. The smallest absolute Gasteiger partial charge is 0.207 e. The lowest BCUT2D eigenvalue weighted by Crippen LogP contribution is -2.01. The van der Waals surface area contributed by atoms with Crippen molar-refractivity contribution < 1.29 is 0 Å². The van der Waals surface area contributed by atoms with Gasteiger partial charge in [0.2, 0.25) is 5.95 Å². The van der Waals surface area contributed by atoms with Gasteiger partial charge in [-0.2, -0.15) is 0 Å². The molecule has 0 saturated heterocycles. The first kappa shape index (κ1) is 9.71. The Morgan fingerprint density at radius 3 is 2.67 bits per heavy atom. The lowest BCUT2D eigenvalue weighted by Gasteiger charge is -2.08. The van der Waals surface area contributed by atoms with E-state index in [0.717, 1.165) is 23.0 Å². The van der Waals surface area contributed by atoms with Gasteiger partial charge >= 0.3 is 0 Å². The molecule has 0 atom stereocenters. The lowest BCUT2D eigenvalue weighted by atomic mass is 10.3. The minimum Gasteiger partial charge on any atom is -0.324 e. The molecule has 0 aliphatic carbocycles. The van der Waals surface area contributed by atoms with E-state index in [2.05, 4.69) is 15.3 Å². The lowest BCUT2D eigenvalue weighted by molar-refractivity contribution is 0.923. The van der Waals surface area contributed by atoms with Crippen LogP contribution in [0.5, 0.6) is 0 Å². The summed E-state index contributed by atoms with van der Waals surface area (Å²) in [6.45, 7) is 3.97. The Balaban J connectivity index is 2.29. The molecule has 0 amide bonds. The van der Waals surface area contributed by atoms with Gasteiger partial charge in [0.15, 0.2) is 0 Å². The first-order chi connectivity index (χ1) is 7.16. The molecule has 4 heteroatoms. The number of hydrogen-bond donors (Lipinski definition) is 1. The van der Waals surface area contributed by atoms with E-state index in [9.17, 15) is 0 Å². The van der Waals surface area contributed by atoms with Crippen LogP contribution in [-0.4, -0.2) is 14.5 Å². The third-order valence-electron chi connectivity index (χ3n) is 2.29. The second-order valence-electron chi connectivity index (χ2n) is 3.57. The maximum absolute atomic E-state index is 4.38. The summed E-state index contributed by atoms with van der Waals surface area (Å²) in [5.41, 5.74) is 3.01. The van der Waals surface area contributed by atoms with Gasteiger partial charge in [0.05, 0.1) is 11.4 Å². The normalized spacial score (nSPS) is 10.3. The van der Waals surface area contributed by atoms with Gasteiger partial charge in [-0.1, -0.05) is 0 Å². The van der Waals surface area contributed by atoms with Crippen LogP contribution in [0.1, 0.15) is 11.4 Å². The van der Waals surface area contributed by atoms with E-state index in [0.29, 0.717) is 0 Å². The van der Waals surface area contributed by atoms with Crippen molar-refractivity contribution in [3.63, 3.8) is 0 Å². The fourth-order valence-electron chi connectivity index (χ4n) is 1.43. The number of imidazole rings is 1. The molecular weight excluding hydrogens is 188 g/mol. The van der Waals surface area contributed by atoms with Crippen LogP contribution in [-0.2, 0) is 7.05 Å². The Morgan fingerprint density at radius 1 is 1.27 bits per heavy atom. The van der Waals surface area contributed by atoms with Crippen LogP contribution < -0.4 is 5.32 Å². The number of aromatic nitrogens is 3. The minimum absolute atomic E-state index is 0.823. The van der Waals surface area contributed by atoms with Gasteiger partial charge < -0.3 is 9.88 Å². The average molecular weight is 202 g/mol. The summed E-state index contributed by atoms with van der Waals surface area (Å²) in [5.74, 6) is 0.823. The monoisotopic (exact) mass is 202 g/mol. The van der Waals surface area contributed by atoms with Crippen LogP contribution in [0.15, 0.2) is 24.5 Å². The Bertz CT molecular complexity index is 473. The average Bonchev–Trinajstić information content (AvgIpc) is 2.57. The largest absolute Gasteiger partial charge is 0.324 e. The van der Waals surface area contributed by atoms with E-state index in [1.165, 1.54) is 0 Å². The number of anilines is 2. The van der Waals surface area contributed by atoms with Gasteiger partial charge in [-0.05, 0) is 26.0 Å². The summed E-state index contributed by atoms with van der Waals surface area (Å²) in [5, 5.41) is 3.24. The van der Waals surface area contributed by atoms with Crippen molar-refractivity contribution in [1.82, 2.24) is 14.5 Å². The zero-order valence-electron chi connectivity index (χ0n) is 9.15. The third-order valence-corrected chi connectivity index (χ3v) is 2.29. The van der Waals surface area contributed by atoms with Crippen LogP contribution in [0.25, 0.3) is 0 Å². The highest BCUT2D eigenvalue weighted by atomic mass is 15.2. The van der Waals surface area contributed by atoms with E-state index < -0.39 is 0 Å². The SMILES string of the molecule is Cc1ccc(Nc2nccn2C)c(C)n1. The van der Waals surface area contributed by atoms with E-state index in [1.54, 1.807) is 6.20 Å². The summed E-state index contributed by atoms with van der Waals surface area (Å²) in [6, 6.07) is 4.00. The van der Waals surface area contributed by atoms with Crippen molar-refractivity contribution in [2.24, 2.45) is 7.05 Å². The standard InChI is InChI=1S/C11H14N4/c1-8-4-5-10(9(2)13-8)14-11-12-6-7-15(11)3/h4-7H,1-3H3,(H,12,14). The molecule has 2 heterocycles. The van der Waals surface area contributed by atoms with E-state index in [4.69, 9.17) is 0 Å². The predicted octanol–water partition coefficient (Wildman–Crippen LogP) is 2.18. The Labute approximate surface area is 89.0 Å². The molecule has 2 aromatic rings. The van der Waals surface area contributed by atoms with Crippen LogP contribution in [0.2, 0.25) is 0 Å². The molecule has 2 aromatic heterocycles. The molecule has 15 heavy (non-hydrogen) atoms. The van der Waals surface area contributed by atoms with Crippen molar-refractivity contribution in [2.75, 3.05) is 5.32 Å². The second kappa shape index (κ2) is 3.73. The Kier molecular flexibility index (Phi) is 2.41. The highest BCUT2D eigenvalue weighted by Gasteiger charge is 2.03. The molecule has 1 N–H and O–H groups in total. The number of nitrogens with zero attached hydrogens (tertiary/aromatic N) is 3. The van der Waals surface area contributed by atoms with E-state index in [-0.39, 0.29) is 0 Å². The molecule has 0 spiro atoms. The van der Waals surface area contributed by atoms with Crippen molar-refractivity contribution in [3.05, 3.63) is 35.9 Å².